The topological polar surface area (TPSA) is 12.0 Å². The molecule has 2 aromatic carbocycles. The van der Waals surface area contributed by atoms with Crippen molar-refractivity contribution in [2.45, 2.75) is 19.4 Å². The van der Waals surface area contributed by atoms with Gasteiger partial charge in [-0.25, -0.2) is 4.39 Å². The molecule has 1 nitrogen and oxygen atoms in total. The molecule has 1 N–H and O–H groups in total. The maximum Gasteiger partial charge on any atom is 0.124 e. The van der Waals surface area contributed by atoms with Crippen LogP contribution in [0.4, 0.5) is 10.1 Å². The van der Waals surface area contributed by atoms with Crippen molar-refractivity contribution in [1.29, 1.82) is 0 Å². The van der Waals surface area contributed by atoms with Gasteiger partial charge in [0.1, 0.15) is 5.82 Å². The number of hydrogen-bond donors (Lipinski definition) is 1. The number of benzene rings is 2. The van der Waals surface area contributed by atoms with E-state index in [1.165, 1.54) is 17.7 Å². The van der Waals surface area contributed by atoms with Crippen LogP contribution < -0.4 is 5.32 Å². The van der Waals surface area contributed by atoms with E-state index >= 15 is 0 Å². The van der Waals surface area contributed by atoms with Gasteiger partial charge in [0.25, 0.3) is 0 Å². The van der Waals surface area contributed by atoms with E-state index in [0.717, 1.165) is 12.1 Å². The average Bonchev–Trinajstić information content (AvgIpc) is 2.39. The summed E-state index contributed by atoms with van der Waals surface area (Å²) in [5.41, 5.74) is 1.95. The van der Waals surface area contributed by atoms with E-state index in [4.69, 9.17) is 11.6 Å². The minimum Gasteiger partial charge on any atom is -0.377 e. The molecule has 0 fully saturated rings. The zero-order valence-corrected chi connectivity index (χ0v) is 10.9. The molecule has 18 heavy (non-hydrogen) atoms. The Kier molecular flexibility index (Phi) is 4.21. The van der Waals surface area contributed by atoms with Gasteiger partial charge < -0.3 is 5.32 Å². The van der Waals surface area contributed by atoms with E-state index in [1.807, 2.05) is 18.2 Å². The standard InChI is InChI=1S/C15H15ClFN/c1-2-14(11-6-4-3-5-7-11)18-15-9-8-12(17)10-13(15)16/h3-10,14,18H,2H2,1H3. The fourth-order valence-electron chi connectivity index (χ4n) is 1.90. The Bertz CT molecular complexity index is 513. The van der Waals surface area contributed by atoms with Crippen molar-refractivity contribution in [1.82, 2.24) is 0 Å². The van der Waals surface area contributed by atoms with Crippen LogP contribution in [0.15, 0.2) is 48.5 Å². The molecule has 0 spiro atoms. The fourth-order valence-corrected chi connectivity index (χ4v) is 2.12. The van der Waals surface area contributed by atoms with E-state index in [1.54, 1.807) is 6.07 Å². The minimum absolute atomic E-state index is 0.175. The molecule has 2 rings (SSSR count). The van der Waals surface area contributed by atoms with Gasteiger partial charge in [0.2, 0.25) is 0 Å². The summed E-state index contributed by atoms with van der Waals surface area (Å²) in [6.45, 7) is 2.10. The highest BCUT2D eigenvalue weighted by Gasteiger charge is 2.10. The van der Waals surface area contributed by atoms with Crippen molar-refractivity contribution in [3.8, 4) is 0 Å². The van der Waals surface area contributed by atoms with E-state index in [9.17, 15) is 4.39 Å². The van der Waals surface area contributed by atoms with Crippen LogP contribution in [0.25, 0.3) is 0 Å². The molecular weight excluding hydrogens is 249 g/mol. The smallest absolute Gasteiger partial charge is 0.124 e. The number of nitrogens with one attached hydrogen (secondary N) is 1. The van der Waals surface area contributed by atoms with Crippen LogP contribution in [0.5, 0.6) is 0 Å². The first-order valence-electron chi connectivity index (χ1n) is 5.97. The highest BCUT2D eigenvalue weighted by atomic mass is 35.5. The lowest BCUT2D eigenvalue weighted by Crippen LogP contribution is -2.09. The summed E-state index contributed by atoms with van der Waals surface area (Å²) >= 11 is 6.02. The van der Waals surface area contributed by atoms with Crippen molar-refractivity contribution in [3.05, 3.63) is 64.9 Å². The molecule has 94 valence electrons. The number of anilines is 1. The van der Waals surface area contributed by atoms with Crippen LogP contribution >= 0.6 is 11.6 Å². The third kappa shape index (κ3) is 3.02. The molecule has 0 bridgehead atoms. The summed E-state index contributed by atoms with van der Waals surface area (Å²) in [5.74, 6) is -0.321. The first kappa shape index (κ1) is 12.9. The van der Waals surface area contributed by atoms with E-state index in [0.29, 0.717) is 5.02 Å². The Morgan fingerprint density at radius 2 is 1.89 bits per heavy atom. The Hall–Kier alpha value is -1.54. The lowest BCUT2D eigenvalue weighted by atomic mass is 10.0. The molecule has 0 aromatic heterocycles. The Morgan fingerprint density at radius 1 is 1.17 bits per heavy atom. The van der Waals surface area contributed by atoms with E-state index in [2.05, 4.69) is 24.4 Å². The lowest BCUT2D eigenvalue weighted by molar-refractivity contribution is 0.628. The third-order valence-corrected chi connectivity index (χ3v) is 3.18. The summed E-state index contributed by atoms with van der Waals surface area (Å²) in [4.78, 5) is 0. The highest BCUT2D eigenvalue weighted by molar-refractivity contribution is 6.33. The number of hydrogen-bond acceptors (Lipinski definition) is 1. The van der Waals surface area contributed by atoms with Crippen LogP contribution in [0, 0.1) is 5.82 Å². The van der Waals surface area contributed by atoms with Crippen molar-refractivity contribution < 1.29 is 4.39 Å². The van der Waals surface area contributed by atoms with Crippen LogP contribution in [0.2, 0.25) is 5.02 Å². The molecule has 0 heterocycles. The highest BCUT2D eigenvalue weighted by Crippen LogP contribution is 2.28. The van der Waals surface area contributed by atoms with Gasteiger partial charge in [-0.3, -0.25) is 0 Å². The van der Waals surface area contributed by atoms with Crippen molar-refractivity contribution in [3.63, 3.8) is 0 Å². The van der Waals surface area contributed by atoms with Gasteiger partial charge in [0.05, 0.1) is 16.8 Å². The van der Waals surface area contributed by atoms with Crippen LogP contribution in [0.3, 0.4) is 0 Å². The first-order chi connectivity index (χ1) is 8.70. The third-order valence-electron chi connectivity index (χ3n) is 2.87. The molecule has 0 saturated carbocycles. The zero-order valence-electron chi connectivity index (χ0n) is 10.2. The van der Waals surface area contributed by atoms with Crippen LogP contribution in [0.1, 0.15) is 24.9 Å². The number of halogens is 2. The van der Waals surface area contributed by atoms with E-state index in [-0.39, 0.29) is 11.9 Å². The van der Waals surface area contributed by atoms with Gasteiger partial charge >= 0.3 is 0 Å². The molecule has 0 aliphatic heterocycles. The molecule has 0 aliphatic carbocycles. The lowest BCUT2D eigenvalue weighted by Gasteiger charge is -2.19. The summed E-state index contributed by atoms with van der Waals surface area (Å²) in [6, 6.07) is 14.7. The van der Waals surface area contributed by atoms with Crippen LogP contribution in [-0.4, -0.2) is 0 Å². The van der Waals surface area contributed by atoms with Gasteiger partial charge in [0.15, 0.2) is 0 Å². The fraction of sp³-hybridized carbons (Fsp3) is 0.200. The van der Waals surface area contributed by atoms with E-state index < -0.39 is 0 Å². The maximum atomic E-state index is 13.0. The second-order valence-corrected chi connectivity index (χ2v) is 4.55. The molecule has 0 saturated heterocycles. The predicted molar refractivity (Wildman–Crippen MR) is 74.5 cm³/mol. The first-order valence-corrected chi connectivity index (χ1v) is 6.35. The van der Waals surface area contributed by atoms with Gasteiger partial charge in [-0.2, -0.15) is 0 Å². The summed E-state index contributed by atoms with van der Waals surface area (Å²) in [7, 11) is 0. The quantitative estimate of drug-likeness (QED) is 0.815. The second-order valence-electron chi connectivity index (χ2n) is 4.14. The zero-order chi connectivity index (χ0) is 13.0. The van der Waals surface area contributed by atoms with Gasteiger partial charge in [-0.05, 0) is 30.2 Å². The Balaban J connectivity index is 2.21. The molecule has 2 aromatic rings. The van der Waals surface area contributed by atoms with Gasteiger partial charge in [-0.1, -0.05) is 48.9 Å². The van der Waals surface area contributed by atoms with Gasteiger partial charge in [-0.15, -0.1) is 0 Å². The molecule has 1 atom stereocenters. The van der Waals surface area contributed by atoms with Crippen molar-refractivity contribution in [2.24, 2.45) is 0 Å². The normalized spacial score (nSPS) is 12.2. The molecule has 0 radical (unpaired) electrons. The molecule has 0 amide bonds. The molecule has 0 aliphatic rings. The minimum atomic E-state index is -0.321. The molecule has 3 heteroatoms. The van der Waals surface area contributed by atoms with Gasteiger partial charge in [0, 0.05) is 0 Å². The van der Waals surface area contributed by atoms with Crippen molar-refractivity contribution >= 4 is 17.3 Å². The summed E-state index contributed by atoms with van der Waals surface area (Å²) < 4.78 is 13.0. The monoisotopic (exact) mass is 263 g/mol. The molecular formula is C15H15ClFN. The predicted octanol–water partition coefficient (Wildman–Crippen LogP) is 5.04. The second kappa shape index (κ2) is 5.87. The Morgan fingerprint density at radius 3 is 2.50 bits per heavy atom. The molecule has 1 unspecified atom stereocenters. The van der Waals surface area contributed by atoms with Crippen molar-refractivity contribution in [2.75, 3.05) is 5.32 Å². The maximum absolute atomic E-state index is 13.0. The Labute approximate surface area is 112 Å². The SMILES string of the molecule is CCC(Nc1ccc(F)cc1Cl)c1ccccc1. The van der Waals surface area contributed by atoms with Crippen LogP contribution in [-0.2, 0) is 0 Å². The largest absolute Gasteiger partial charge is 0.377 e. The summed E-state index contributed by atoms with van der Waals surface area (Å²) in [6.07, 6.45) is 0.928. The summed E-state index contributed by atoms with van der Waals surface area (Å²) in [5, 5.41) is 3.75. The average molecular weight is 264 g/mol. The number of rotatable bonds is 4.